The van der Waals surface area contributed by atoms with Crippen LogP contribution in [0.4, 0.5) is 4.39 Å². The van der Waals surface area contributed by atoms with E-state index in [-0.39, 0.29) is 17.0 Å². The summed E-state index contributed by atoms with van der Waals surface area (Å²) in [4.78, 5) is 12.1. The van der Waals surface area contributed by atoms with Gasteiger partial charge in [0.25, 0.3) is 15.9 Å². The van der Waals surface area contributed by atoms with Crippen LogP contribution < -0.4 is 9.46 Å². The van der Waals surface area contributed by atoms with Crippen LogP contribution in [0.25, 0.3) is 11.3 Å². The smallest absolute Gasteiger partial charge is 0.270 e. The SMILES string of the molecule is COc1cccc(-c2noc(C)c2C(=O)NS(=O)(=O)c2ccc(C)cc2F)c1. The van der Waals surface area contributed by atoms with Crippen LogP contribution in [-0.2, 0) is 10.0 Å². The molecule has 0 aliphatic rings. The van der Waals surface area contributed by atoms with Crippen molar-refractivity contribution in [2.75, 3.05) is 7.11 Å². The molecular weight excluding hydrogens is 387 g/mol. The minimum atomic E-state index is -4.43. The van der Waals surface area contributed by atoms with Gasteiger partial charge >= 0.3 is 0 Å². The van der Waals surface area contributed by atoms with Gasteiger partial charge in [-0.3, -0.25) is 4.79 Å². The molecule has 0 spiro atoms. The number of ether oxygens (including phenoxy) is 1. The summed E-state index contributed by atoms with van der Waals surface area (Å²) >= 11 is 0. The Morgan fingerprint density at radius 3 is 2.61 bits per heavy atom. The first-order valence-corrected chi connectivity index (χ1v) is 9.65. The third kappa shape index (κ3) is 3.74. The highest BCUT2D eigenvalue weighted by Gasteiger charge is 2.28. The molecule has 3 aromatic rings. The lowest BCUT2D eigenvalue weighted by atomic mass is 10.1. The van der Waals surface area contributed by atoms with Gasteiger partial charge < -0.3 is 9.26 Å². The van der Waals surface area contributed by atoms with Gasteiger partial charge in [-0.2, -0.15) is 0 Å². The lowest BCUT2D eigenvalue weighted by Gasteiger charge is -2.09. The molecule has 28 heavy (non-hydrogen) atoms. The highest BCUT2D eigenvalue weighted by Crippen LogP contribution is 2.28. The molecule has 1 heterocycles. The van der Waals surface area contributed by atoms with Gasteiger partial charge in [0.1, 0.15) is 33.5 Å². The summed E-state index contributed by atoms with van der Waals surface area (Å²) in [5, 5.41) is 3.85. The molecule has 1 amide bonds. The van der Waals surface area contributed by atoms with Crippen molar-refractivity contribution in [2.45, 2.75) is 18.7 Å². The van der Waals surface area contributed by atoms with Gasteiger partial charge in [0.2, 0.25) is 0 Å². The third-order valence-electron chi connectivity index (χ3n) is 4.04. The largest absolute Gasteiger partial charge is 0.497 e. The minimum Gasteiger partial charge on any atom is -0.497 e. The monoisotopic (exact) mass is 404 g/mol. The summed E-state index contributed by atoms with van der Waals surface area (Å²) in [7, 11) is -2.94. The summed E-state index contributed by atoms with van der Waals surface area (Å²) < 4.78 is 51.2. The highest BCUT2D eigenvalue weighted by atomic mass is 32.2. The number of aryl methyl sites for hydroxylation is 2. The molecule has 0 saturated heterocycles. The molecule has 0 radical (unpaired) electrons. The number of hydrogen-bond acceptors (Lipinski definition) is 6. The summed E-state index contributed by atoms with van der Waals surface area (Å²) in [5.74, 6) is -1.28. The van der Waals surface area contributed by atoms with E-state index in [2.05, 4.69) is 5.16 Å². The highest BCUT2D eigenvalue weighted by molar-refractivity contribution is 7.90. The number of nitrogens with zero attached hydrogens (tertiary/aromatic N) is 1. The quantitative estimate of drug-likeness (QED) is 0.701. The fraction of sp³-hybridized carbons (Fsp3) is 0.158. The molecule has 9 heteroatoms. The molecular formula is C19H17FN2O5S. The van der Waals surface area contributed by atoms with Crippen molar-refractivity contribution < 1.29 is 26.9 Å². The molecule has 146 valence electrons. The topological polar surface area (TPSA) is 98.5 Å². The van der Waals surface area contributed by atoms with Crippen LogP contribution in [0.3, 0.4) is 0 Å². The second-order valence-corrected chi connectivity index (χ2v) is 7.71. The van der Waals surface area contributed by atoms with Gasteiger partial charge in [0, 0.05) is 5.56 Å². The third-order valence-corrected chi connectivity index (χ3v) is 5.40. The van der Waals surface area contributed by atoms with Crippen molar-refractivity contribution >= 4 is 15.9 Å². The van der Waals surface area contributed by atoms with Crippen molar-refractivity contribution in [3.05, 3.63) is 65.2 Å². The maximum Gasteiger partial charge on any atom is 0.270 e. The molecule has 0 bridgehead atoms. The van der Waals surface area contributed by atoms with Crippen molar-refractivity contribution in [1.82, 2.24) is 9.88 Å². The molecule has 0 aliphatic carbocycles. The van der Waals surface area contributed by atoms with E-state index in [1.54, 1.807) is 31.2 Å². The first-order chi connectivity index (χ1) is 13.2. The molecule has 7 nitrogen and oxygen atoms in total. The van der Waals surface area contributed by atoms with E-state index in [1.807, 2.05) is 4.72 Å². The number of nitrogens with one attached hydrogen (secondary N) is 1. The number of benzene rings is 2. The number of hydrogen-bond donors (Lipinski definition) is 1. The molecule has 0 atom stereocenters. The van der Waals surface area contributed by atoms with Crippen LogP contribution in [0.15, 0.2) is 51.9 Å². The van der Waals surface area contributed by atoms with E-state index in [4.69, 9.17) is 9.26 Å². The van der Waals surface area contributed by atoms with Crippen LogP contribution in [0.5, 0.6) is 5.75 Å². The zero-order valence-corrected chi connectivity index (χ0v) is 16.1. The van der Waals surface area contributed by atoms with Gasteiger partial charge in [-0.1, -0.05) is 23.4 Å². The minimum absolute atomic E-state index is 0.0654. The maximum absolute atomic E-state index is 14.1. The number of amides is 1. The lowest BCUT2D eigenvalue weighted by molar-refractivity contribution is 0.0980. The number of methoxy groups -OCH3 is 1. The zero-order chi connectivity index (χ0) is 20.5. The molecule has 0 saturated carbocycles. The number of rotatable bonds is 5. The van der Waals surface area contributed by atoms with Crippen LogP contribution in [0.2, 0.25) is 0 Å². The van der Waals surface area contributed by atoms with E-state index >= 15 is 0 Å². The van der Waals surface area contributed by atoms with Crippen LogP contribution in [-0.4, -0.2) is 26.6 Å². The number of carbonyl (C=O) groups excluding carboxylic acids is 1. The van der Waals surface area contributed by atoms with Gasteiger partial charge in [-0.05, 0) is 43.7 Å². The van der Waals surface area contributed by atoms with Crippen molar-refractivity contribution in [1.29, 1.82) is 0 Å². The Kier molecular flexibility index (Phi) is 5.19. The average Bonchev–Trinajstić information content (AvgIpc) is 3.02. The Morgan fingerprint density at radius 2 is 1.93 bits per heavy atom. The zero-order valence-electron chi connectivity index (χ0n) is 15.3. The molecule has 0 unspecified atom stereocenters. The van der Waals surface area contributed by atoms with Crippen LogP contribution in [0.1, 0.15) is 21.7 Å². The Morgan fingerprint density at radius 1 is 1.18 bits per heavy atom. The predicted molar refractivity (Wildman–Crippen MR) is 99.0 cm³/mol. The predicted octanol–water partition coefficient (Wildman–Crippen LogP) is 3.22. The standard InChI is InChI=1S/C19H17FN2O5S/c1-11-7-8-16(15(20)9-11)28(24,25)22-19(23)17-12(2)27-21-18(17)13-5-4-6-14(10-13)26-3/h4-10H,1-3H3,(H,22,23). The van der Waals surface area contributed by atoms with Gasteiger partial charge in [0.15, 0.2) is 0 Å². The van der Waals surface area contributed by atoms with E-state index in [0.29, 0.717) is 16.9 Å². The fourth-order valence-corrected chi connectivity index (χ4v) is 3.68. The summed E-state index contributed by atoms with van der Waals surface area (Å²) in [6.07, 6.45) is 0. The Balaban J connectivity index is 1.98. The van der Waals surface area contributed by atoms with Crippen molar-refractivity contribution in [2.24, 2.45) is 0 Å². The molecule has 0 fully saturated rings. The van der Waals surface area contributed by atoms with Gasteiger partial charge in [0.05, 0.1) is 7.11 Å². The Bertz CT molecular complexity index is 1150. The molecule has 1 aromatic heterocycles. The lowest BCUT2D eigenvalue weighted by Crippen LogP contribution is -2.31. The average molecular weight is 404 g/mol. The molecule has 1 N–H and O–H groups in total. The summed E-state index contributed by atoms with van der Waals surface area (Å²) in [6, 6.07) is 10.3. The molecule has 3 rings (SSSR count). The number of sulfonamides is 1. The number of carbonyl (C=O) groups is 1. The summed E-state index contributed by atoms with van der Waals surface area (Å²) in [6.45, 7) is 3.10. The normalized spacial score (nSPS) is 11.3. The van der Waals surface area contributed by atoms with Crippen molar-refractivity contribution in [3.8, 4) is 17.0 Å². The first-order valence-electron chi connectivity index (χ1n) is 8.17. The summed E-state index contributed by atoms with van der Waals surface area (Å²) in [5.41, 5.74) is 1.14. The fourth-order valence-electron chi connectivity index (χ4n) is 2.66. The molecule has 2 aromatic carbocycles. The number of aromatic nitrogens is 1. The Labute approximate surface area is 161 Å². The van der Waals surface area contributed by atoms with E-state index < -0.39 is 26.6 Å². The van der Waals surface area contributed by atoms with E-state index in [9.17, 15) is 17.6 Å². The van der Waals surface area contributed by atoms with Crippen LogP contribution >= 0.6 is 0 Å². The Hall–Kier alpha value is -3.20. The second kappa shape index (κ2) is 7.43. The van der Waals surface area contributed by atoms with E-state index in [1.165, 1.54) is 20.1 Å². The first kappa shape index (κ1) is 19.6. The molecule has 0 aliphatic heterocycles. The van der Waals surface area contributed by atoms with Gasteiger partial charge in [-0.15, -0.1) is 0 Å². The number of halogens is 1. The maximum atomic E-state index is 14.1. The van der Waals surface area contributed by atoms with E-state index in [0.717, 1.165) is 12.1 Å². The van der Waals surface area contributed by atoms with Crippen molar-refractivity contribution in [3.63, 3.8) is 0 Å². The van der Waals surface area contributed by atoms with Crippen LogP contribution in [0, 0.1) is 19.7 Å². The van der Waals surface area contributed by atoms with Gasteiger partial charge in [-0.25, -0.2) is 17.5 Å². The second-order valence-electron chi connectivity index (χ2n) is 6.06.